The third-order valence-corrected chi connectivity index (χ3v) is 7.99. The highest BCUT2D eigenvalue weighted by molar-refractivity contribution is 5.93. The second-order valence-corrected chi connectivity index (χ2v) is 11.1. The van der Waals surface area contributed by atoms with E-state index in [1.165, 1.54) is 0 Å². The van der Waals surface area contributed by atoms with Gasteiger partial charge in [0.15, 0.2) is 0 Å². The van der Waals surface area contributed by atoms with Crippen molar-refractivity contribution < 1.29 is 28.7 Å². The molecular weight excluding hydrogens is 536 g/mol. The molecule has 2 aromatic rings. The van der Waals surface area contributed by atoms with Gasteiger partial charge in [-0.1, -0.05) is 92.8 Å². The van der Waals surface area contributed by atoms with Gasteiger partial charge in [0.1, 0.15) is 25.0 Å². The van der Waals surface area contributed by atoms with Crippen LogP contribution >= 0.6 is 0 Å². The van der Waals surface area contributed by atoms with E-state index in [0.29, 0.717) is 31.2 Å². The summed E-state index contributed by atoms with van der Waals surface area (Å²) < 4.78 is 5.36. The first-order chi connectivity index (χ1) is 20.4. The van der Waals surface area contributed by atoms with Crippen LogP contribution < -0.4 is 21.3 Å². The number of rotatable bonds is 13. The van der Waals surface area contributed by atoms with Crippen LogP contribution in [0, 0.1) is 11.8 Å². The fourth-order valence-electron chi connectivity index (χ4n) is 5.68. The maximum Gasteiger partial charge on any atom is 0.408 e. The minimum absolute atomic E-state index is 0.0363. The Kier molecular flexibility index (Phi) is 11.5. The Morgan fingerprint density at radius 2 is 1.55 bits per heavy atom. The van der Waals surface area contributed by atoms with Gasteiger partial charge in [-0.2, -0.15) is 0 Å². The van der Waals surface area contributed by atoms with E-state index in [-0.39, 0.29) is 30.8 Å². The van der Waals surface area contributed by atoms with E-state index in [0.717, 1.165) is 37.7 Å². The Balaban J connectivity index is 1.46. The maximum absolute atomic E-state index is 13.7. The Bertz CT molecular complexity index is 1200. The van der Waals surface area contributed by atoms with E-state index >= 15 is 0 Å². The molecule has 10 heteroatoms. The van der Waals surface area contributed by atoms with Crippen LogP contribution in [0.25, 0.3) is 0 Å². The Labute approximate surface area is 246 Å². The molecule has 2 aliphatic rings. The number of carbonyl (C=O) groups excluding carboxylic acids is 5. The van der Waals surface area contributed by atoms with Crippen LogP contribution in [0.2, 0.25) is 0 Å². The van der Waals surface area contributed by atoms with Crippen LogP contribution in [0.3, 0.4) is 0 Å². The SMILES string of the molecule is O=C[C@H](C[C@@H]1CCNC1=O)NC(=O)[C@H](CC1CCCCC1)NC(=O)[C@@H](NC(=O)OCc1ccccc1)c1ccccc1. The topological polar surface area (TPSA) is 143 Å². The van der Waals surface area contributed by atoms with Crippen LogP contribution in [-0.4, -0.2) is 48.7 Å². The maximum atomic E-state index is 13.7. The van der Waals surface area contributed by atoms with Crippen molar-refractivity contribution >= 4 is 30.1 Å². The molecule has 0 bridgehead atoms. The summed E-state index contributed by atoms with van der Waals surface area (Å²) in [5, 5.41) is 11.0. The lowest BCUT2D eigenvalue weighted by atomic mass is 9.84. The zero-order chi connectivity index (χ0) is 29.7. The van der Waals surface area contributed by atoms with Crippen LogP contribution in [0.4, 0.5) is 4.79 Å². The molecule has 1 saturated heterocycles. The molecule has 224 valence electrons. The number of carbonyl (C=O) groups is 5. The predicted molar refractivity (Wildman–Crippen MR) is 156 cm³/mol. The van der Waals surface area contributed by atoms with Crippen LogP contribution in [-0.2, 0) is 30.5 Å². The third-order valence-electron chi connectivity index (χ3n) is 7.99. The third kappa shape index (κ3) is 9.15. The Hall–Kier alpha value is -4.21. The van der Waals surface area contributed by atoms with Gasteiger partial charge in [-0.15, -0.1) is 0 Å². The van der Waals surface area contributed by atoms with Gasteiger partial charge in [0.2, 0.25) is 17.7 Å². The van der Waals surface area contributed by atoms with Crippen LogP contribution in [0.1, 0.15) is 68.5 Å². The molecule has 1 heterocycles. The fraction of sp³-hybridized carbons (Fsp3) is 0.469. The minimum atomic E-state index is -1.11. The minimum Gasteiger partial charge on any atom is -0.445 e. The highest BCUT2D eigenvalue weighted by Gasteiger charge is 2.33. The monoisotopic (exact) mass is 576 g/mol. The summed E-state index contributed by atoms with van der Waals surface area (Å²) in [6.45, 7) is 0.583. The Morgan fingerprint density at radius 3 is 2.19 bits per heavy atom. The van der Waals surface area contributed by atoms with Crippen LogP contribution in [0.5, 0.6) is 0 Å². The standard InChI is InChI=1S/C32H40N4O6/c37-20-26(19-25-16-17-33-29(25)38)34-30(39)27(18-22-10-4-1-5-11-22)35-31(40)28(24-14-8-3-9-15-24)36-32(41)42-21-23-12-6-2-7-13-23/h2-3,6-9,12-15,20,22,25-28H,1,4-5,10-11,16-19,21H2,(H,33,38)(H,34,39)(H,35,40)(H,36,41)/t25-,26-,27-,28-/m0/s1. The first-order valence-corrected chi connectivity index (χ1v) is 14.8. The normalized spacial score (nSPS) is 19.0. The number of ether oxygens (including phenoxy) is 1. The van der Waals surface area contributed by atoms with Crippen LogP contribution in [0.15, 0.2) is 60.7 Å². The molecule has 4 rings (SSSR count). The summed E-state index contributed by atoms with van der Waals surface area (Å²) in [4.78, 5) is 63.9. The summed E-state index contributed by atoms with van der Waals surface area (Å²) in [6.07, 6.45) is 6.24. The average Bonchev–Trinajstić information content (AvgIpc) is 3.43. The number of alkyl carbamates (subject to hydrolysis) is 1. The number of nitrogens with one attached hydrogen (secondary N) is 4. The van der Waals surface area contributed by atoms with Crippen molar-refractivity contribution in [2.24, 2.45) is 11.8 Å². The van der Waals surface area contributed by atoms with E-state index < -0.39 is 36.0 Å². The van der Waals surface area contributed by atoms with E-state index in [9.17, 15) is 24.0 Å². The molecule has 2 fully saturated rings. The lowest BCUT2D eigenvalue weighted by Crippen LogP contribution is -2.53. The molecule has 0 radical (unpaired) electrons. The Morgan fingerprint density at radius 1 is 0.857 bits per heavy atom. The average molecular weight is 577 g/mol. The lowest BCUT2D eigenvalue weighted by molar-refractivity contribution is -0.131. The molecule has 42 heavy (non-hydrogen) atoms. The van der Waals surface area contributed by atoms with Gasteiger partial charge in [0.05, 0.1) is 6.04 Å². The second kappa shape index (κ2) is 15.7. The van der Waals surface area contributed by atoms with Gasteiger partial charge < -0.3 is 30.8 Å². The molecule has 4 atom stereocenters. The van der Waals surface area contributed by atoms with E-state index in [4.69, 9.17) is 4.74 Å². The van der Waals surface area contributed by atoms with Crippen molar-refractivity contribution in [3.8, 4) is 0 Å². The van der Waals surface area contributed by atoms with Crippen molar-refractivity contribution in [3.05, 3.63) is 71.8 Å². The molecule has 2 aromatic carbocycles. The van der Waals surface area contributed by atoms with Crippen molar-refractivity contribution in [2.75, 3.05) is 6.54 Å². The number of aldehydes is 1. The summed E-state index contributed by atoms with van der Waals surface area (Å²) in [7, 11) is 0. The number of benzene rings is 2. The summed E-state index contributed by atoms with van der Waals surface area (Å²) in [6, 6.07) is 15.1. The predicted octanol–water partition coefficient (Wildman–Crippen LogP) is 3.32. The summed E-state index contributed by atoms with van der Waals surface area (Å²) in [5.41, 5.74) is 1.33. The molecule has 4 N–H and O–H groups in total. The number of hydrogen-bond donors (Lipinski definition) is 4. The van der Waals surface area contributed by atoms with E-state index in [1.54, 1.807) is 30.3 Å². The molecule has 0 spiro atoms. The van der Waals surface area contributed by atoms with Gasteiger partial charge in [-0.3, -0.25) is 14.4 Å². The molecule has 0 unspecified atom stereocenters. The molecule has 4 amide bonds. The molecule has 1 saturated carbocycles. The largest absolute Gasteiger partial charge is 0.445 e. The number of amides is 4. The fourth-order valence-corrected chi connectivity index (χ4v) is 5.68. The molecule has 1 aliphatic heterocycles. The molecule has 0 aromatic heterocycles. The van der Waals surface area contributed by atoms with Gasteiger partial charge in [-0.05, 0) is 36.3 Å². The van der Waals surface area contributed by atoms with Gasteiger partial charge in [0.25, 0.3) is 0 Å². The lowest BCUT2D eigenvalue weighted by Gasteiger charge is -2.29. The van der Waals surface area contributed by atoms with Gasteiger partial charge >= 0.3 is 6.09 Å². The highest BCUT2D eigenvalue weighted by atomic mass is 16.5. The zero-order valence-electron chi connectivity index (χ0n) is 23.8. The second-order valence-electron chi connectivity index (χ2n) is 11.1. The van der Waals surface area contributed by atoms with Crippen molar-refractivity contribution in [3.63, 3.8) is 0 Å². The van der Waals surface area contributed by atoms with Crippen molar-refractivity contribution in [1.82, 2.24) is 21.3 Å². The first kappa shape index (κ1) is 30.7. The summed E-state index contributed by atoms with van der Waals surface area (Å²) in [5.74, 6) is -1.28. The smallest absolute Gasteiger partial charge is 0.408 e. The zero-order valence-corrected chi connectivity index (χ0v) is 23.8. The van der Waals surface area contributed by atoms with Gasteiger partial charge in [0, 0.05) is 12.5 Å². The highest BCUT2D eigenvalue weighted by Crippen LogP contribution is 2.28. The summed E-state index contributed by atoms with van der Waals surface area (Å²) >= 11 is 0. The quantitative estimate of drug-likeness (QED) is 0.270. The molecule has 1 aliphatic carbocycles. The first-order valence-electron chi connectivity index (χ1n) is 14.8. The van der Waals surface area contributed by atoms with E-state index in [1.807, 2.05) is 30.3 Å². The molecule has 10 nitrogen and oxygen atoms in total. The number of hydrogen-bond acceptors (Lipinski definition) is 6. The van der Waals surface area contributed by atoms with Crippen molar-refractivity contribution in [1.29, 1.82) is 0 Å². The van der Waals surface area contributed by atoms with Crippen molar-refractivity contribution in [2.45, 2.75) is 76.1 Å². The van der Waals surface area contributed by atoms with E-state index in [2.05, 4.69) is 21.3 Å². The van der Waals surface area contributed by atoms with Gasteiger partial charge in [-0.25, -0.2) is 4.79 Å². The molecular formula is C32H40N4O6.